The highest BCUT2D eigenvalue weighted by Crippen LogP contribution is 2.23. The maximum absolute atomic E-state index is 14.6. The molecule has 156 valence electrons. The van der Waals surface area contributed by atoms with Crippen molar-refractivity contribution in [1.82, 2.24) is 15.3 Å². The number of hydrogen-bond acceptors (Lipinski definition) is 6. The minimum absolute atomic E-state index is 0.0000284. The molecule has 0 saturated heterocycles. The molecule has 0 radical (unpaired) electrons. The Bertz CT molecular complexity index is 990. The Hall–Kier alpha value is -3.75. The summed E-state index contributed by atoms with van der Waals surface area (Å²) in [7, 11) is 0. The minimum atomic E-state index is -0.924. The molecule has 5 N–H and O–H groups in total. The predicted molar refractivity (Wildman–Crippen MR) is 113 cm³/mol. The maximum Gasteiger partial charge on any atom is 0.320 e. The monoisotopic (exact) mass is 410 g/mol. The third-order valence-electron chi connectivity index (χ3n) is 4.62. The average molecular weight is 410 g/mol. The first-order chi connectivity index (χ1) is 14.5. The third-order valence-corrected chi connectivity index (χ3v) is 4.62. The van der Waals surface area contributed by atoms with E-state index in [1.807, 2.05) is 19.1 Å². The highest BCUT2D eigenvalue weighted by Gasteiger charge is 2.19. The van der Waals surface area contributed by atoms with Crippen LogP contribution in [-0.4, -0.2) is 27.9 Å². The van der Waals surface area contributed by atoms with Crippen LogP contribution in [0.1, 0.15) is 30.9 Å². The van der Waals surface area contributed by atoms with Crippen molar-refractivity contribution in [3.63, 3.8) is 0 Å². The number of aromatic nitrogens is 2. The molecule has 0 bridgehead atoms. The van der Waals surface area contributed by atoms with Crippen LogP contribution in [-0.2, 0) is 11.3 Å². The standard InChI is InChI=1S/C21H23FN6O2/c1-13(15-5-3-2-4-6-15)27-21(29)28-20-17(22)18(23)16(11-26-20)19(24)30-12-14-7-9-25-10-8-14/h2-3,5,7-11,13,24H,4,6,12H2,1H3,(H4,23,26,27,28,29)/t13-/m1/s1. The van der Waals surface area contributed by atoms with Crippen LogP contribution in [0.15, 0.2) is 54.5 Å². The van der Waals surface area contributed by atoms with Crippen LogP contribution < -0.4 is 16.4 Å². The number of allylic oxidation sites excluding steroid dienone is 3. The number of nitrogens with zero attached hydrogens (tertiary/aromatic N) is 2. The Morgan fingerprint density at radius 3 is 2.87 bits per heavy atom. The highest BCUT2D eigenvalue weighted by molar-refractivity contribution is 5.98. The smallest absolute Gasteiger partial charge is 0.320 e. The van der Waals surface area contributed by atoms with Crippen LogP contribution in [0.5, 0.6) is 0 Å². The van der Waals surface area contributed by atoms with Gasteiger partial charge in [0.2, 0.25) is 5.90 Å². The molecule has 0 spiro atoms. The van der Waals surface area contributed by atoms with Crippen molar-refractivity contribution in [2.24, 2.45) is 0 Å². The average Bonchev–Trinajstić information content (AvgIpc) is 2.76. The normalized spacial score (nSPS) is 13.9. The van der Waals surface area contributed by atoms with Crippen molar-refractivity contribution in [3.05, 3.63) is 71.5 Å². The maximum atomic E-state index is 14.6. The molecule has 0 aromatic carbocycles. The van der Waals surface area contributed by atoms with Crippen molar-refractivity contribution in [2.75, 3.05) is 11.1 Å². The van der Waals surface area contributed by atoms with Crippen LogP contribution in [0, 0.1) is 11.2 Å². The summed E-state index contributed by atoms with van der Waals surface area (Å²) in [4.78, 5) is 20.0. The zero-order chi connectivity index (χ0) is 21.5. The zero-order valence-corrected chi connectivity index (χ0v) is 16.5. The van der Waals surface area contributed by atoms with Gasteiger partial charge in [0, 0.05) is 24.6 Å². The van der Waals surface area contributed by atoms with E-state index in [9.17, 15) is 9.18 Å². The van der Waals surface area contributed by atoms with E-state index in [4.69, 9.17) is 15.9 Å². The molecule has 30 heavy (non-hydrogen) atoms. The Morgan fingerprint density at radius 1 is 1.40 bits per heavy atom. The van der Waals surface area contributed by atoms with E-state index in [-0.39, 0.29) is 35.6 Å². The van der Waals surface area contributed by atoms with E-state index in [0.29, 0.717) is 0 Å². The molecule has 0 aliphatic heterocycles. The number of nitrogens with one attached hydrogen (secondary N) is 3. The second-order valence-electron chi connectivity index (χ2n) is 6.75. The molecule has 0 fully saturated rings. The van der Waals surface area contributed by atoms with Gasteiger partial charge in [-0.2, -0.15) is 0 Å². The molecule has 1 aliphatic rings. The first-order valence-electron chi connectivity index (χ1n) is 9.43. The van der Waals surface area contributed by atoms with E-state index in [0.717, 1.165) is 24.0 Å². The Morgan fingerprint density at radius 2 is 2.17 bits per heavy atom. The van der Waals surface area contributed by atoms with Crippen LogP contribution in [0.3, 0.4) is 0 Å². The lowest BCUT2D eigenvalue weighted by Crippen LogP contribution is -2.37. The molecule has 1 aliphatic carbocycles. The first kappa shape index (κ1) is 21.0. The molecule has 9 heteroatoms. The van der Waals surface area contributed by atoms with Crippen molar-refractivity contribution < 1.29 is 13.9 Å². The van der Waals surface area contributed by atoms with Gasteiger partial charge in [-0.1, -0.05) is 18.2 Å². The number of carbonyl (C=O) groups excluding carboxylic acids is 1. The molecule has 2 heterocycles. The number of anilines is 2. The van der Waals surface area contributed by atoms with Gasteiger partial charge >= 0.3 is 6.03 Å². The largest absolute Gasteiger partial charge is 0.473 e. The molecule has 2 aromatic rings. The number of carbonyl (C=O) groups is 1. The highest BCUT2D eigenvalue weighted by atomic mass is 19.1. The van der Waals surface area contributed by atoms with Gasteiger partial charge in [-0.05, 0) is 43.0 Å². The molecular formula is C21H23FN6O2. The summed E-state index contributed by atoms with van der Waals surface area (Å²) in [5, 5.41) is 13.1. The number of nitrogens with two attached hydrogens (primary N) is 1. The van der Waals surface area contributed by atoms with Crippen molar-refractivity contribution in [3.8, 4) is 0 Å². The summed E-state index contributed by atoms with van der Waals surface area (Å²) < 4.78 is 20.0. The fourth-order valence-corrected chi connectivity index (χ4v) is 2.90. The van der Waals surface area contributed by atoms with E-state index in [1.165, 1.54) is 6.20 Å². The number of pyridine rings is 2. The number of urea groups is 1. The summed E-state index contributed by atoms with van der Waals surface area (Å²) in [6.07, 6.45) is 12.1. The Kier molecular flexibility index (Phi) is 6.74. The SMILES string of the molecule is C[C@@H](NC(=O)Nc1ncc(C(=N)OCc2ccncc2)c(N)c1F)C1=CC=CCC1. The Labute approximate surface area is 173 Å². The van der Waals surface area contributed by atoms with Gasteiger partial charge in [-0.15, -0.1) is 0 Å². The third kappa shape index (κ3) is 5.19. The summed E-state index contributed by atoms with van der Waals surface area (Å²) in [5.74, 6) is -1.56. The van der Waals surface area contributed by atoms with E-state index in [2.05, 4.69) is 26.7 Å². The summed E-state index contributed by atoms with van der Waals surface area (Å²) in [6, 6.07) is 2.67. The number of hydrogen-bond donors (Lipinski definition) is 4. The number of ether oxygens (including phenoxy) is 1. The number of rotatable bonds is 6. The van der Waals surface area contributed by atoms with Crippen LogP contribution in [0.2, 0.25) is 0 Å². The molecule has 2 amide bonds. The van der Waals surface area contributed by atoms with E-state index in [1.54, 1.807) is 24.5 Å². The fraction of sp³-hybridized carbons (Fsp3) is 0.238. The molecule has 0 unspecified atom stereocenters. The number of halogens is 1. The topological polar surface area (TPSA) is 126 Å². The molecule has 1 atom stereocenters. The van der Waals surface area contributed by atoms with Gasteiger partial charge in [-0.25, -0.2) is 14.2 Å². The summed E-state index contributed by atoms with van der Waals surface area (Å²) >= 11 is 0. The van der Waals surface area contributed by atoms with Crippen LogP contribution in [0.25, 0.3) is 0 Å². The van der Waals surface area contributed by atoms with Gasteiger partial charge in [0.25, 0.3) is 0 Å². The predicted octanol–water partition coefficient (Wildman–Crippen LogP) is 3.53. The fourth-order valence-electron chi connectivity index (χ4n) is 2.90. The van der Waals surface area contributed by atoms with E-state index >= 15 is 0 Å². The second-order valence-corrected chi connectivity index (χ2v) is 6.75. The summed E-state index contributed by atoms with van der Waals surface area (Å²) in [5.41, 5.74) is 7.37. The van der Waals surface area contributed by atoms with Crippen LogP contribution >= 0.6 is 0 Å². The lowest BCUT2D eigenvalue weighted by molar-refractivity contribution is 0.250. The number of nitrogen functional groups attached to an aromatic ring is 1. The van der Waals surface area contributed by atoms with Gasteiger partial charge in [0.1, 0.15) is 6.61 Å². The molecule has 8 nitrogen and oxygen atoms in total. The quantitative estimate of drug-likeness (QED) is 0.428. The van der Waals surface area contributed by atoms with Crippen molar-refractivity contribution in [2.45, 2.75) is 32.4 Å². The molecule has 0 saturated carbocycles. The lowest BCUT2D eigenvalue weighted by Gasteiger charge is -2.19. The zero-order valence-electron chi connectivity index (χ0n) is 16.5. The lowest BCUT2D eigenvalue weighted by atomic mass is 9.99. The first-order valence-corrected chi connectivity index (χ1v) is 9.43. The minimum Gasteiger partial charge on any atom is -0.473 e. The van der Waals surface area contributed by atoms with Gasteiger partial charge in [-0.3, -0.25) is 15.7 Å². The van der Waals surface area contributed by atoms with Gasteiger partial charge in [0.15, 0.2) is 11.6 Å². The second kappa shape index (κ2) is 9.64. The molecular weight excluding hydrogens is 387 g/mol. The van der Waals surface area contributed by atoms with Gasteiger partial charge < -0.3 is 15.8 Å². The van der Waals surface area contributed by atoms with Crippen molar-refractivity contribution in [1.29, 1.82) is 5.41 Å². The van der Waals surface area contributed by atoms with Crippen molar-refractivity contribution >= 4 is 23.4 Å². The number of amides is 2. The van der Waals surface area contributed by atoms with Gasteiger partial charge in [0.05, 0.1) is 11.3 Å². The molecule has 3 rings (SSSR count). The van der Waals surface area contributed by atoms with Crippen LogP contribution in [0.4, 0.5) is 20.7 Å². The summed E-state index contributed by atoms with van der Waals surface area (Å²) in [6.45, 7) is 1.96. The van der Waals surface area contributed by atoms with E-state index < -0.39 is 11.8 Å². The molecule has 2 aromatic heterocycles. The Balaban J connectivity index is 1.62.